The van der Waals surface area contributed by atoms with Crippen molar-refractivity contribution in [3.8, 4) is 0 Å². The zero-order chi connectivity index (χ0) is 15.9. The Kier molecular flexibility index (Phi) is 8.12. The van der Waals surface area contributed by atoms with Gasteiger partial charge in [0.25, 0.3) is 10.2 Å². The molecule has 0 radical (unpaired) electrons. The number of rotatable bonds is 12. The molecule has 0 aromatic rings. The minimum Gasteiger partial charge on any atom is -0.383 e. The van der Waals surface area contributed by atoms with E-state index >= 15 is 0 Å². The first kappa shape index (κ1) is 18.8. The Balaban J connectivity index is 2.50. The van der Waals surface area contributed by atoms with Crippen LogP contribution in [0.25, 0.3) is 0 Å². The molecule has 1 aliphatic rings. The summed E-state index contributed by atoms with van der Waals surface area (Å²) >= 11 is 0. The smallest absolute Gasteiger partial charge is 0.282 e. The van der Waals surface area contributed by atoms with Crippen molar-refractivity contribution in [1.29, 1.82) is 0 Å². The van der Waals surface area contributed by atoms with E-state index in [4.69, 9.17) is 4.74 Å². The molecular formula is C14H31N3O3S. The zero-order valence-corrected chi connectivity index (χ0v) is 14.7. The van der Waals surface area contributed by atoms with E-state index in [1.807, 2.05) is 13.8 Å². The van der Waals surface area contributed by atoms with E-state index in [0.717, 1.165) is 19.4 Å². The molecule has 0 bridgehead atoms. The molecule has 1 rings (SSSR count). The highest BCUT2D eigenvalue weighted by Crippen LogP contribution is 2.18. The summed E-state index contributed by atoms with van der Waals surface area (Å²) < 4.78 is 33.4. The molecule has 1 N–H and O–H groups in total. The lowest BCUT2D eigenvalue weighted by Gasteiger charge is -2.31. The molecular weight excluding hydrogens is 290 g/mol. The second-order valence-corrected chi connectivity index (χ2v) is 7.76. The first-order chi connectivity index (χ1) is 9.93. The maximum Gasteiger partial charge on any atom is 0.282 e. The van der Waals surface area contributed by atoms with Gasteiger partial charge in [-0.15, -0.1) is 0 Å². The first-order valence-electron chi connectivity index (χ1n) is 7.88. The van der Waals surface area contributed by atoms with Crippen molar-refractivity contribution >= 4 is 10.2 Å². The molecule has 0 saturated heterocycles. The van der Waals surface area contributed by atoms with Crippen LogP contribution in [0.1, 0.15) is 39.5 Å². The van der Waals surface area contributed by atoms with Crippen LogP contribution in [-0.2, 0) is 14.9 Å². The maximum absolute atomic E-state index is 12.7. The van der Waals surface area contributed by atoms with E-state index in [2.05, 4.69) is 5.32 Å². The maximum atomic E-state index is 12.7. The quantitative estimate of drug-likeness (QED) is 0.546. The Morgan fingerprint density at radius 1 is 1.33 bits per heavy atom. The molecule has 126 valence electrons. The summed E-state index contributed by atoms with van der Waals surface area (Å²) in [6, 6.07) is 0.655. The van der Waals surface area contributed by atoms with Crippen LogP contribution in [0.4, 0.5) is 0 Å². The van der Waals surface area contributed by atoms with Crippen LogP contribution in [0.5, 0.6) is 0 Å². The third-order valence-electron chi connectivity index (χ3n) is 3.95. The molecule has 0 amide bonds. The van der Waals surface area contributed by atoms with Gasteiger partial charge in [0.2, 0.25) is 0 Å². The van der Waals surface area contributed by atoms with Crippen LogP contribution >= 0.6 is 0 Å². The van der Waals surface area contributed by atoms with Crippen molar-refractivity contribution < 1.29 is 13.2 Å². The van der Waals surface area contributed by atoms with Crippen molar-refractivity contribution in [2.75, 3.05) is 40.4 Å². The average Bonchev–Trinajstić information content (AvgIpc) is 3.27. The van der Waals surface area contributed by atoms with Gasteiger partial charge in [-0.25, -0.2) is 0 Å². The fraction of sp³-hybridized carbons (Fsp3) is 1.00. The molecule has 0 aromatic carbocycles. The minimum atomic E-state index is -3.41. The molecule has 1 fully saturated rings. The predicted molar refractivity (Wildman–Crippen MR) is 85.5 cm³/mol. The van der Waals surface area contributed by atoms with Gasteiger partial charge >= 0.3 is 0 Å². The summed E-state index contributed by atoms with van der Waals surface area (Å²) in [5.41, 5.74) is 0. The van der Waals surface area contributed by atoms with Gasteiger partial charge in [-0.05, 0) is 39.2 Å². The highest BCUT2D eigenvalue weighted by Gasteiger charge is 2.29. The van der Waals surface area contributed by atoms with Crippen LogP contribution in [-0.4, -0.2) is 69.5 Å². The lowest BCUT2D eigenvalue weighted by Crippen LogP contribution is -2.48. The van der Waals surface area contributed by atoms with Crippen molar-refractivity contribution in [3.05, 3.63) is 0 Å². The van der Waals surface area contributed by atoms with Gasteiger partial charge in [0.1, 0.15) is 0 Å². The third kappa shape index (κ3) is 6.20. The number of nitrogens with one attached hydrogen (secondary N) is 1. The van der Waals surface area contributed by atoms with E-state index in [9.17, 15) is 8.42 Å². The lowest BCUT2D eigenvalue weighted by atomic mass is 10.3. The third-order valence-corrected chi connectivity index (χ3v) is 6.05. The fourth-order valence-electron chi connectivity index (χ4n) is 2.14. The van der Waals surface area contributed by atoms with Crippen LogP contribution < -0.4 is 5.32 Å². The van der Waals surface area contributed by atoms with Crippen molar-refractivity contribution in [2.24, 2.45) is 0 Å². The summed E-state index contributed by atoms with van der Waals surface area (Å²) in [6.45, 7) is 6.18. The molecule has 0 heterocycles. The van der Waals surface area contributed by atoms with Gasteiger partial charge in [-0.1, -0.05) is 6.92 Å². The number of hydrogen-bond donors (Lipinski definition) is 1. The topological polar surface area (TPSA) is 61.9 Å². The van der Waals surface area contributed by atoms with Crippen molar-refractivity contribution in [2.45, 2.75) is 51.6 Å². The van der Waals surface area contributed by atoms with Crippen LogP contribution in [0.2, 0.25) is 0 Å². The van der Waals surface area contributed by atoms with Gasteiger partial charge in [-0.2, -0.15) is 17.0 Å². The lowest BCUT2D eigenvalue weighted by molar-refractivity contribution is 0.164. The van der Waals surface area contributed by atoms with E-state index in [0.29, 0.717) is 25.7 Å². The first-order valence-corrected chi connectivity index (χ1v) is 9.28. The summed E-state index contributed by atoms with van der Waals surface area (Å²) in [5, 5.41) is 3.41. The van der Waals surface area contributed by atoms with E-state index in [-0.39, 0.29) is 6.04 Å². The average molecular weight is 321 g/mol. The number of methoxy groups -OCH3 is 1. The monoisotopic (exact) mass is 321 g/mol. The Labute approximate surface area is 130 Å². The van der Waals surface area contributed by atoms with E-state index < -0.39 is 10.2 Å². The standard InChI is InChI=1S/C14H31N3O3S/c1-5-13(2)17(11-12-20-4)21(18,19)16(3)10-6-9-15-14-7-8-14/h13-15H,5-12H2,1-4H3. The van der Waals surface area contributed by atoms with Gasteiger partial charge < -0.3 is 10.1 Å². The van der Waals surface area contributed by atoms with E-state index in [1.165, 1.54) is 17.1 Å². The number of ether oxygens (including phenoxy) is 1. The SMILES string of the molecule is CCC(C)N(CCOC)S(=O)(=O)N(C)CCCNC1CC1. The van der Waals surface area contributed by atoms with Crippen molar-refractivity contribution in [1.82, 2.24) is 13.9 Å². The van der Waals surface area contributed by atoms with Gasteiger partial charge in [0.15, 0.2) is 0 Å². The molecule has 0 aliphatic heterocycles. The number of hydrogen-bond acceptors (Lipinski definition) is 4. The second-order valence-electron chi connectivity index (χ2n) is 5.77. The molecule has 1 aliphatic carbocycles. The highest BCUT2D eigenvalue weighted by molar-refractivity contribution is 7.86. The summed E-state index contributed by atoms with van der Waals surface area (Å²) in [7, 11) is -0.158. The predicted octanol–water partition coefficient (Wildman–Crippen LogP) is 1.05. The molecule has 1 atom stereocenters. The molecule has 1 unspecified atom stereocenters. The Hall–Kier alpha value is -0.210. The highest BCUT2D eigenvalue weighted by atomic mass is 32.2. The minimum absolute atomic E-state index is 0.0165. The van der Waals surface area contributed by atoms with Gasteiger partial charge in [0.05, 0.1) is 6.61 Å². The molecule has 1 saturated carbocycles. The summed E-state index contributed by atoms with van der Waals surface area (Å²) in [6.07, 6.45) is 4.14. The van der Waals surface area contributed by atoms with Crippen LogP contribution in [0, 0.1) is 0 Å². The van der Waals surface area contributed by atoms with Crippen LogP contribution in [0.3, 0.4) is 0 Å². The summed E-state index contributed by atoms with van der Waals surface area (Å²) in [4.78, 5) is 0. The Morgan fingerprint density at radius 3 is 2.52 bits per heavy atom. The Morgan fingerprint density at radius 2 is 2.00 bits per heavy atom. The Bertz CT molecular complexity index is 385. The molecule has 0 spiro atoms. The second kappa shape index (κ2) is 9.05. The van der Waals surface area contributed by atoms with Gasteiger partial charge in [0, 0.05) is 39.3 Å². The van der Waals surface area contributed by atoms with Gasteiger partial charge in [-0.3, -0.25) is 0 Å². The zero-order valence-electron chi connectivity index (χ0n) is 13.8. The normalized spacial score (nSPS) is 17.6. The van der Waals surface area contributed by atoms with Crippen molar-refractivity contribution in [3.63, 3.8) is 0 Å². The van der Waals surface area contributed by atoms with E-state index in [1.54, 1.807) is 18.5 Å². The number of nitrogens with zero attached hydrogens (tertiary/aromatic N) is 2. The molecule has 7 heteroatoms. The molecule has 0 aromatic heterocycles. The molecule has 6 nitrogen and oxygen atoms in total. The van der Waals surface area contributed by atoms with Crippen LogP contribution in [0.15, 0.2) is 0 Å². The molecule has 21 heavy (non-hydrogen) atoms. The largest absolute Gasteiger partial charge is 0.383 e. The fourth-order valence-corrected chi connectivity index (χ4v) is 3.76. The summed E-state index contributed by atoms with van der Waals surface area (Å²) in [5.74, 6) is 0.